The van der Waals surface area contributed by atoms with Gasteiger partial charge in [0.2, 0.25) is 5.03 Å². The van der Waals surface area contributed by atoms with Gasteiger partial charge in [0.25, 0.3) is 10.0 Å². The first kappa shape index (κ1) is 14.8. The highest BCUT2D eigenvalue weighted by molar-refractivity contribution is 7.92. The first-order valence-electron chi connectivity index (χ1n) is 5.47. The van der Waals surface area contributed by atoms with Crippen LogP contribution in [0.2, 0.25) is 5.02 Å². The fraction of sp³-hybridized carbons (Fsp3) is 0.182. The number of nitrogens with one attached hydrogen (secondary N) is 2. The molecule has 0 aliphatic heterocycles. The van der Waals surface area contributed by atoms with Crippen LogP contribution in [0.5, 0.6) is 0 Å². The Kier molecular flexibility index (Phi) is 3.98. The molecule has 9 heteroatoms. The summed E-state index contributed by atoms with van der Waals surface area (Å²) in [5.74, 6) is -0.579. The lowest BCUT2D eigenvalue weighted by molar-refractivity contribution is 0.277. The van der Waals surface area contributed by atoms with Crippen molar-refractivity contribution in [2.45, 2.75) is 18.6 Å². The summed E-state index contributed by atoms with van der Waals surface area (Å²) in [4.78, 5) is 0. The molecule has 20 heavy (non-hydrogen) atoms. The van der Waals surface area contributed by atoms with Gasteiger partial charge in [-0.3, -0.25) is 9.82 Å². The van der Waals surface area contributed by atoms with Gasteiger partial charge in [-0.05, 0) is 25.1 Å². The summed E-state index contributed by atoms with van der Waals surface area (Å²) in [5, 5.41) is 14.9. The van der Waals surface area contributed by atoms with Gasteiger partial charge >= 0.3 is 0 Å². The van der Waals surface area contributed by atoms with Crippen LogP contribution in [0, 0.1) is 12.7 Å². The molecule has 1 heterocycles. The Morgan fingerprint density at radius 1 is 1.50 bits per heavy atom. The van der Waals surface area contributed by atoms with Crippen molar-refractivity contribution in [2.24, 2.45) is 0 Å². The molecule has 0 saturated carbocycles. The van der Waals surface area contributed by atoms with E-state index in [0.29, 0.717) is 5.69 Å². The number of nitrogens with zero attached hydrogens (tertiary/aromatic N) is 1. The molecule has 0 radical (unpaired) electrons. The van der Waals surface area contributed by atoms with Crippen molar-refractivity contribution in [3.8, 4) is 0 Å². The van der Waals surface area contributed by atoms with Gasteiger partial charge < -0.3 is 5.11 Å². The second-order valence-corrected chi connectivity index (χ2v) is 6.02. The predicted molar refractivity (Wildman–Crippen MR) is 71.5 cm³/mol. The van der Waals surface area contributed by atoms with E-state index in [4.69, 9.17) is 11.6 Å². The second-order valence-electron chi connectivity index (χ2n) is 4.02. The molecule has 0 amide bonds. The number of aliphatic hydroxyl groups is 1. The van der Waals surface area contributed by atoms with E-state index in [1.165, 1.54) is 6.07 Å². The number of aliphatic hydroxyl groups excluding tert-OH is 1. The van der Waals surface area contributed by atoms with Crippen molar-refractivity contribution in [3.63, 3.8) is 0 Å². The molecule has 0 fully saturated rings. The minimum atomic E-state index is -4.03. The van der Waals surface area contributed by atoms with Gasteiger partial charge in [-0.2, -0.15) is 13.5 Å². The number of hydrogen-bond acceptors (Lipinski definition) is 4. The van der Waals surface area contributed by atoms with E-state index in [-0.39, 0.29) is 21.3 Å². The first-order chi connectivity index (χ1) is 9.35. The lowest BCUT2D eigenvalue weighted by Crippen LogP contribution is -2.15. The maximum Gasteiger partial charge on any atom is 0.281 e. The van der Waals surface area contributed by atoms with Gasteiger partial charge in [0, 0.05) is 11.3 Å². The van der Waals surface area contributed by atoms with Crippen molar-refractivity contribution in [3.05, 3.63) is 40.3 Å². The van der Waals surface area contributed by atoms with Gasteiger partial charge in [0.05, 0.1) is 17.3 Å². The fourth-order valence-corrected chi connectivity index (χ4v) is 3.15. The van der Waals surface area contributed by atoms with Crippen LogP contribution in [0.1, 0.15) is 11.3 Å². The van der Waals surface area contributed by atoms with E-state index in [9.17, 15) is 17.9 Å². The maximum absolute atomic E-state index is 12.9. The Bertz CT molecular complexity index is 745. The molecular formula is C11H11ClFN3O3S. The largest absolute Gasteiger partial charge is 0.392 e. The van der Waals surface area contributed by atoms with E-state index in [0.717, 1.165) is 12.1 Å². The van der Waals surface area contributed by atoms with Crippen molar-refractivity contribution < 1.29 is 17.9 Å². The van der Waals surface area contributed by atoms with Gasteiger partial charge in [-0.1, -0.05) is 11.6 Å². The van der Waals surface area contributed by atoms with E-state index in [1.54, 1.807) is 6.92 Å². The van der Waals surface area contributed by atoms with Crippen LogP contribution in [0.25, 0.3) is 0 Å². The molecule has 2 aromatic rings. The number of aromatic nitrogens is 2. The Labute approximate surface area is 119 Å². The van der Waals surface area contributed by atoms with Crippen LogP contribution < -0.4 is 4.72 Å². The summed E-state index contributed by atoms with van der Waals surface area (Å²) < 4.78 is 39.5. The quantitative estimate of drug-likeness (QED) is 0.801. The zero-order valence-electron chi connectivity index (χ0n) is 10.3. The lowest BCUT2D eigenvalue weighted by atomic mass is 10.3. The van der Waals surface area contributed by atoms with Crippen molar-refractivity contribution in [1.29, 1.82) is 0 Å². The number of H-pyrrole nitrogens is 1. The monoisotopic (exact) mass is 319 g/mol. The standard InChI is InChI=1S/C11H11ClFN3O3S/c1-6-8(5-17)11(15-14-6)20(18,19)16-10-3-2-7(13)4-9(10)12/h2-4,16-17H,5H2,1H3,(H,14,15). The van der Waals surface area contributed by atoms with Crippen LogP contribution in [0.3, 0.4) is 0 Å². The molecule has 0 aliphatic rings. The van der Waals surface area contributed by atoms with Gasteiger partial charge in [0.1, 0.15) is 5.82 Å². The van der Waals surface area contributed by atoms with E-state index < -0.39 is 22.4 Å². The molecule has 0 unspecified atom stereocenters. The van der Waals surface area contributed by atoms with Gasteiger partial charge in [0.15, 0.2) is 0 Å². The Hall–Kier alpha value is -1.64. The lowest BCUT2D eigenvalue weighted by Gasteiger charge is -2.08. The minimum Gasteiger partial charge on any atom is -0.392 e. The highest BCUT2D eigenvalue weighted by Crippen LogP contribution is 2.26. The van der Waals surface area contributed by atoms with Gasteiger partial charge in [-0.25, -0.2) is 4.39 Å². The third-order valence-corrected chi connectivity index (χ3v) is 4.27. The van der Waals surface area contributed by atoms with Crippen LogP contribution in [0.15, 0.2) is 23.2 Å². The zero-order chi connectivity index (χ0) is 14.9. The number of benzene rings is 1. The van der Waals surface area contributed by atoms with Gasteiger partial charge in [-0.15, -0.1) is 0 Å². The molecule has 0 atom stereocenters. The third-order valence-electron chi connectivity index (χ3n) is 2.62. The zero-order valence-corrected chi connectivity index (χ0v) is 11.9. The summed E-state index contributed by atoms with van der Waals surface area (Å²) in [6.45, 7) is 1.11. The molecule has 3 N–H and O–H groups in total. The maximum atomic E-state index is 12.9. The van der Waals surface area contributed by atoms with Crippen LogP contribution in [0.4, 0.5) is 10.1 Å². The molecule has 1 aromatic heterocycles. The summed E-state index contributed by atoms with van der Waals surface area (Å²) in [5.41, 5.74) is 0.631. The number of anilines is 1. The van der Waals surface area contributed by atoms with E-state index in [1.807, 2.05) is 0 Å². The summed E-state index contributed by atoms with van der Waals surface area (Å²) in [6, 6.07) is 3.27. The molecule has 0 aliphatic carbocycles. The minimum absolute atomic E-state index is 0.0256. The molecular weight excluding hydrogens is 309 g/mol. The summed E-state index contributed by atoms with van der Waals surface area (Å²) in [6.07, 6.45) is 0. The van der Waals surface area contributed by atoms with Crippen molar-refractivity contribution in [1.82, 2.24) is 10.2 Å². The van der Waals surface area contributed by atoms with Crippen LogP contribution in [-0.2, 0) is 16.6 Å². The highest BCUT2D eigenvalue weighted by atomic mass is 35.5. The summed E-state index contributed by atoms with van der Waals surface area (Å²) in [7, 11) is -4.03. The second kappa shape index (κ2) is 5.39. The molecule has 6 nitrogen and oxygen atoms in total. The number of rotatable bonds is 4. The molecule has 0 spiro atoms. The summed E-state index contributed by atoms with van der Waals surface area (Å²) >= 11 is 5.76. The normalized spacial score (nSPS) is 11.6. The van der Waals surface area contributed by atoms with E-state index in [2.05, 4.69) is 14.9 Å². The smallest absolute Gasteiger partial charge is 0.281 e. The van der Waals surface area contributed by atoms with Crippen molar-refractivity contribution >= 4 is 27.3 Å². The van der Waals surface area contributed by atoms with E-state index >= 15 is 0 Å². The van der Waals surface area contributed by atoms with Crippen LogP contribution >= 0.6 is 11.6 Å². The SMILES string of the molecule is Cc1[nH]nc(S(=O)(=O)Nc2ccc(F)cc2Cl)c1CO. The average molecular weight is 320 g/mol. The number of sulfonamides is 1. The predicted octanol–water partition coefficient (Wildman–Crippen LogP) is 1.80. The average Bonchev–Trinajstić information content (AvgIpc) is 2.74. The Morgan fingerprint density at radius 2 is 2.20 bits per heavy atom. The molecule has 108 valence electrons. The third kappa shape index (κ3) is 2.77. The number of aryl methyl sites for hydroxylation is 1. The Morgan fingerprint density at radius 3 is 2.80 bits per heavy atom. The number of hydrogen-bond donors (Lipinski definition) is 3. The van der Waals surface area contributed by atoms with Crippen molar-refractivity contribution in [2.75, 3.05) is 4.72 Å². The molecule has 0 saturated heterocycles. The highest BCUT2D eigenvalue weighted by Gasteiger charge is 2.24. The topological polar surface area (TPSA) is 95.1 Å². The molecule has 0 bridgehead atoms. The van der Waals surface area contributed by atoms with Crippen LogP contribution in [-0.4, -0.2) is 23.7 Å². The first-order valence-corrected chi connectivity index (χ1v) is 7.34. The Balaban J connectivity index is 2.41. The number of aromatic amines is 1. The molecule has 2 rings (SSSR count). The number of halogens is 2. The molecule has 1 aromatic carbocycles. The fourth-order valence-electron chi connectivity index (χ4n) is 1.60.